The molecule has 1 aromatic carbocycles. The Morgan fingerprint density at radius 2 is 2.19 bits per heavy atom. The number of amides is 1. The largest absolute Gasteiger partial charge is 0.382 e. The summed E-state index contributed by atoms with van der Waals surface area (Å²) in [5.41, 5.74) is 7.44. The third kappa shape index (κ3) is 4.39. The lowest BCUT2D eigenvalue weighted by atomic mass is 9.89. The van der Waals surface area contributed by atoms with E-state index in [4.69, 9.17) is 10.5 Å². The highest BCUT2D eigenvalue weighted by molar-refractivity contribution is 5.90. The molecule has 8 heteroatoms. The second-order valence-corrected chi connectivity index (χ2v) is 8.58. The maximum atomic E-state index is 12.1. The molecule has 2 aromatic rings. The van der Waals surface area contributed by atoms with E-state index in [0.717, 1.165) is 36.7 Å². The summed E-state index contributed by atoms with van der Waals surface area (Å²) >= 11 is 0. The lowest BCUT2D eigenvalue weighted by Crippen LogP contribution is -2.45. The van der Waals surface area contributed by atoms with Gasteiger partial charge in [0.25, 0.3) is 5.91 Å². The number of rotatable bonds is 5. The highest BCUT2D eigenvalue weighted by Crippen LogP contribution is 2.28. The molecule has 1 unspecified atom stereocenters. The van der Waals surface area contributed by atoms with Gasteiger partial charge >= 0.3 is 0 Å². The number of hydrogen-bond donors (Lipinski definition) is 3. The lowest BCUT2D eigenvalue weighted by molar-refractivity contribution is -0.137. The number of ether oxygens (including phenoxy) is 1. The molecule has 162 valence electrons. The molecular formula is C23H27N5O3. The minimum absolute atomic E-state index is 0.122. The van der Waals surface area contributed by atoms with Crippen molar-refractivity contribution in [1.29, 1.82) is 0 Å². The van der Waals surface area contributed by atoms with E-state index in [1.807, 2.05) is 24.3 Å². The Morgan fingerprint density at radius 3 is 2.84 bits per heavy atom. The molecule has 0 radical (unpaired) electrons. The van der Waals surface area contributed by atoms with Crippen molar-refractivity contribution < 1.29 is 14.6 Å². The highest BCUT2D eigenvalue weighted by Gasteiger charge is 2.42. The summed E-state index contributed by atoms with van der Waals surface area (Å²) in [7, 11) is 1.66. The van der Waals surface area contributed by atoms with E-state index in [1.165, 1.54) is 4.90 Å². The topological polar surface area (TPSA) is 114 Å². The van der Waals surface area contributed by atoms with Gasteiger partial charge in [0.05, 0.1) is 30.8 Å². The first-order chi connectivity index (χ1) is 14.8. The summed E-state index contributed by atoms with van der Waals surface area (Å²) in [5.74, 6) is 5.85. The molecule has 1 aromatic heterocycles. The van der Waals surface area contributed by atoms with Gasteiger partial charge in [0, 0.05) is 49.6 Å². The molecule has 8 nitrogen and oxygen atoms in total. The van der Waals surface area contributed by atoms with Crippen LogP contribution in [0.4, 0.5) is 5.69 Å². The van der Waals surface area contributed by atoms with Gasteiger partial charge in [-0.1, -0.05) is 30.9 Å². The van der Waals surface area contributed by atoms with E-state index in [2.05, 4.69) is 34.0 Å². The van der Waals surface area contributed by atoms with Gasteiger partial charge < -0.3 is 25.8 Å². The number of anilines is 1. The number of nitrogens with zero attached hydrogens (tertiary/aromatic N) is 3. The number of benzene rings is 1. The van der Waals surface area contributed by atoms with Crippen molar-refractivity contribution in [2.75, 3.05) is 38.7 Å². The summed E-state index contributed by atoms with van der Waals surface area (Å²) < 4.78 is 5.30. The summed E-state index contributed by atoms with van der Waals surface area (Å²) in [5, 5.41) is 13.9. The lowest BCUT2D eigenvalue weighted by Gasteiger charge is -2.38. The van der Waals surface area contributed by atoms with Crippen LogP contribution in [0.3, 0.4) is 0 Å². The molecule has 2 fully saturated rings. The number of likely N-dealkylation sites (tertiary alicyclic amines) is 1. The molecule has 2 saturated heterocycles. The maximum absolute atomic E-state index is 12.1. The van der Waals surface area contributed by atoms with Crippen molar-refractivity contribution in [2.45, 2.75) is 25.5 Å². The fourth-order valence-corrected chi connectivity index (χ4v) is 3.60. The van der Waals surface area contributed by atoms with Crippen LogP contribution in [0.1, 0.15) is 24.6 Å². The molecule has 1 amide bonds. The summed E-state index contributed by atoms with van der Waals surface area (Å²) in [6.45, 7) is 5.19. The SMILES string of the molecule is CN1CCC(O)(C#Cc2cccc(-c3ncc(NCC4(C)COC4)c(CN)n3)c2)C1=O. The van der Waals surface area contributed by atoms with Gasteiger partial charge in [-0.25, -0.2) is 9.97 Å². The minimum atomic E-state index is -1.62. The van der Waals surface area contributed by atoms with Gasteiger partial charge in [0.2, 0.25) is 5.60 Å². The van der Waals surface area contributed by atoms with Gasteiger partial charge in [-0.05, 0) is 12.1 Å². The van der Waals surface area contributed by atoms with Crippen LogP contribution < -0.4 is 11.1 Å². The van der Waals surface area contributed by atoms with E-state index in [-0.39, 0.29) is 17.9 Å². The fourth-order valence-electron chi connectivity index (χ4n) is 3.60. The van der Waals surface area contributed by atoms with Crippen LogP contribution in [-0.4, -0.2) is 64.8 Å². The summed E-state index contributed by atoms with van der Waals surface area (Å²) in [4.78, 5) is 22.7. The van der Waals surface area contributed by atoms with Crippen LogP contribution in [-0.2, 0) is 16.1 Å². The number of carbonyl (C=O) groups is 1. The van der Waals surface area contributed by atoms with Gasteiger partial charge in [-0.15, -0.1) is 0 Å². The quantitative estimate of drug-likeness (QED) is 0.617. The average Bonchev–Trinajstić information content (AvgIpc) is 3.03. The number of carbonyl (C=O) groups excluding carboxylic acids is 1. The van der Waals surface area contributed by atoms with Crippen molar-refractivity contribution >= 4 is 11.6 Å². The Morgan fingerprint density at radius 1 is 1.39 bits per heavy atom. The smallest absolute Gasteiger partial charge is 0.267 e. The maximum Gasteiger partial charge on any atom is 0.267 e. The molecule has 0 saturated carbocycles. The first kappa shape index (κ1) is 21.2. The Hall–Kier alpha value is -2.99. The fraction of sp³-hybridized carbons (Fsp3) is 0.435. The average molecular weight is 422 g/mol. The predicted molar refractivity (Wildman–Crippen MR) is 117 cm³/mol. The monoisotopic (exact) mass is 421 g/mol. The van der Waals surface area contributed by atoms with E-state index in [0.29, 0.717) is 24.4 Å². The first-order valence-corrected chi connectivity index (χ1v) is 10.3. The zero-order valence-corrected chi connectivity index (χ0v) is 17.8. The molecular weight excluding hydrogens is 394 g/mol. The molecule has 2 aliphatic rings. The second-order valence-electron chi connectivity index (χ2n) is 8.58. The van der Waals surface area contributed by atoms with E-state index < -0.39 is 5.60 Å². The number of nitrogens with two attached hydrogens (primary N) is 1. The molecule has 0 spiro atoms. The van der Waals surface area contributed by atoms with Crippen LogP contribution in [0, 0.1) is 17.3 Å². The zero-order valence-electron chi connectivity index (χ0n) is 17.8. The Balaban J connectivity index is 1.54. The van der Waals surface area contributed by atoms with E-state index in [9.17, 15) is 9.90 Å². The van der Waals surface area contributed by atoms with Crippen LogP contribution in [0.15, 0.2) is 30.5 Å². The summed E-state index contributed by atoms with van der Waals surface area (Å²) in [6, 6.07) is 7.41. The Kier molecular flexibility index (Phi) is 5.67. The van der Waals surface area contributed by atoms with Crippen molar-refractivity contribution in [3.05, 3.63) is 41.7 Å². The van der Waals surface area contributed by atoms with Crippen molar-refractivity contribution in [2.24, 2.45) is 11.1 Å². The van der Waals surface area contributed by atoms with E-state index in [1.54, 1.807) is 13.2 Å². The third-order valence-electron chi connectivity index (χ3n) is 5.71. The number of aromatic nitrogens is 2. The predicted octanol–water partition coefficient (Wildman–Crippen LogP) is 0.995. The third-order valence-corrected chi connectivity index (χ3v) is 5.71. The van der Waals surface area contributed by atoms with Crippen molar-refractivity contribution in [1.82, 2.24) is 14.9 Å². The second kappa shape index (κ2) is 8.27. The van der Waals surface area contributed by atoms with Crippen LogP contribution in [0.5, 0.6) is 0 Å². The molecule has 4 N–H and O–H groups in total. The number of hydrogen-bond acceptors (Lipinski definition) is 7. The van der Waals surface area contributed by atoms with Gasteiger partial charge in [-0.3, -0.25) is 4.79 Å². The van der Waals surface area contributed by atoms with Gasteiger partial charge in [0.1, 0.15) is 0 Å². The van der Waals surface area contributed by atoms with Crippen LogP contribution in [0.2, 0.25) is 0 Å². The normalized spacial score (nSPS) is 21.9. The zero-order chi connectivity index (χ0) is 22.1. The molecule has 0 bridgehead atoms. The Bertz CT molecular complexity index is 1060. The first-order valence-electron chi connectivity index (χ1n) is 10.3. The molecule has 4 rings (SSSR count). The van der Waals surface area contributed by atoms with Crippen LogP contribution >= 0.6 is 0 Å². The van der Waals surface area contributed by atoms with Crippen molar-refractivity contribution in [3.8, 4) is 23.2 Å². The Labute approximate surface area is 181 Å². The summed E-state index contributed by atoms with van der Waals surface area (Å²) in [6.07, 6.45) is 2.05. The van der Waals surface area contributed by atoms with Crippen molar-refractivity contribution in [3.63, 3.8) is 0 Å². The minimum Gasteiger partial charge on any atom is -0.382 e. The van der Waals surface area contributed by atoms with E-state index >= 15 is 0 Å². The van der Waals surface area contributed by atoms with Gasteiger partial charge in [-0.2, -0.15) is 0 Å². The van der Waals surface area contributed by atoms with Gasteiger partial charge in [0.15, 0.2) is 5.82 Å². The number of nitrogens with one attached hydrogen (secondary N) is 1. The molecule has 31 heavy (non-hydrogen) atoms. The number of aliphatic hydroxyl groups is 1. The molecule has 0 aliphatic carbocycles. The number of likely N-dealkylation sites (N-methyl/N-ethyl adjacent to an activating group) is 1. The molecule has 3 heterocycles. The standard InChI is InChI=1S/C23H27N5O3/c1-22(14-31-15-22)13-26-19-12-25-20(27-18(19)11-24)17-5-3-4-16(10-17)6-7-23(30)8-9-28(2)21(23)29/h3-5,10,12,26,30H,8-9,11,13-15,24H2,1-2H3. The highest BCUT2D eigenvalue weighted by atomic mass is 16.5. The molecule has 2 aliphatic heterocycles. The van der Waals surface area contributed by atoms with Crippen LogP contribution in [0.25, 0.3) is 11.4 Å². The molecule has 1 atom stereocenters.